The Labute approximate surface area is 320 Å². The summed E-state index contributed by atoms with van der Waals surface area (Å²) < 4.78 is 0. The van der Waals surface area contributed by atoms with Crippen molar-refractivity contribution in [1.82, 2.24) is 0 Å². The van der Waals surface area contributed by atoms with Crippen molar-refractivity contribution in [3.8, 4) is 33.4 Å². The van der Waals surface area contributed by atoms with E-state index in [0.29, 0.717) is 0 Å². The molecule has 0 saturated heterocycles. The Balaban J connectivity index is 1.35. The molecule has 2 heteroatoms. The van der Waals surface area contributed by atoms with Crippen LogP contribution in [0.2, 0.25) is 0 Å². The minimum atomic E-state index is 1.11. The lowest BCUT2D eigenvalue weighted by atomic mass is 9.88. The minimum Gasteiger partial charge on any atom is -0.310 e. The van der Waals surface area contributed by atoms with Crippen LogP contribution in [0.1, 0.15) is 22.3 Å². The van der Waals surface area contributed by atoms with Gasteiger partial charge in [0.25, 0.3) is 0 Å². The Bertz CT molecular complexity index is 2280. The lowest BCUT2D eigenvalue weighted by Gasteiger charge is -2.28. The summed E-state index contributed by atoms with van der Waals surface area (Å²) in [6.45, 7) is 8.63. The number of rotatable bonds is 9. The van der Waals surface area contributed by atoms with Crippen LogP contribution < -0.4 is 9.80 Å². The average molecular weight is 697 g/mol. The van der Waals surface area contributed by atoms with Crippen LogP contribution in [0, 0.1) is 27.7 Å². The molecule has 0 heterocycles. The topological polar surface area (TPSA) is 6.48 Å². The molecule has 54 heavy (non-hydrogen) atoms. The van der Waals surface area contributed by atoms with Crippen LogP contribution in [-0.4, -0.2) is 0 Å². The predicted octanol–water partition coefficient (Wildman–Crippen LogP) is 14.9. The van der Waals surface area contributed by atoms with E-state index in [0.717, 1.165) is 34.1 Å². The first-order valence-corrected chi connectivity index (χ1v) is 18.7. The van der Waals surface area contributed by atoms with Crippen LogP contribution in [0.5, 0.6) is 0 Å². The second-order valence-electron chi connectivity index (χ2n) is 14.2. The Morgan fingerprint density at radius 2 is 0.537 bits per heavy atom. The van der Waals surface area contributed by atoms with Crippen LogP contribution in [0.3, 0.4) is 0 Å². The van der Waals surface area contributed by atoms with E-state index in [1.54, 1.807) is 0 Å². The molecular weight excluding hydrogens is 653 g/mol. The van der Waals surface area contributed by atoms with Crippen LogP contribution in [0.15, 0.2) is 194 Å². The van der Waals surface area contributed by atoms with Gasteiger partial charge in [-0.25, -0.2) is 0 Å². The number of hydrogen-bond donors (Lipinski definition) is 0. The molecule has 0 aromatic heterocycles. The maximum Gasteiger partial charge on any atom is 0.0468 e. The van der Waals surface area contributed by atoms with E-state index in [1.165, 1.54) is 55.6 Å². The molecule has 0 fully saturated rings. The minimum absolute atomic E-state index is 1.11. The zero-order valence-corrected chi connectivity index (χ0v) is 31.4. The molecule has 8 aromatic rings. The molecule has 0 aliphatic carbocycles. The molecule has 0 spiro atoms. The van der Waals surface area contributed by atoms with E-state index in [9.17, 15) is 0 Å². The van der Waals surface area contributed by atoms with Gasteiger partial charge in [0.2, 0.25) is 0 Å². The van der Waals surface area contributed by atoms with Crippen LogP contribution >= 0.6 is 0 Å². The fourth-order valence-electron chi connectivity index (χ4n) is 7.49. The summed E-state index contributed by atoms with van der Waals surface area (Å²) in [7, 11) is 0. The summed E-state index contributed by atoms with van der Waals surface area (Å²) in [5.74, 6) is 0. The highest BCUT2D eigenvalue weighted by molar-refractivity contribution is 5.96. The lowest BCUT2D eigenvalue weighted by molar-refractivity contribution is 1.26. The largest absolute Gasteiger partial charge is 0.310 e. The lowest BCUT2D eigenvalue weighted by Crippen LogP contribution is -2.11. The molecule has 8 rings (SSSR count). The number of hydrogen-bond acceptors (Lipinski definition) is 2. The third-order valence-corrected chi connectivity index (χ3v) is 10.0. The van der Waals surface area contributed by atoms with E-state index in [2.05, 4.69) is 232 Å². The molecule has 0 amide bonds. The predicted molar refractivity (Wildman–Crippen MR) is 231 cm³/mol. The van der Waals surface area contributed by atoms with Crippen molar-refractivity contribution in [2.75, 3.05) is 9.80 Å². The van der Waals surface area contributed by atoms with E-state index >= 15 is 0 Å². The Hall–Kier alpha value is -6.64. The standard InChI is InChI=1S/C52H44N2/c1-37-15-11-23-43(31-37)53(44-24-12-16-38(2)32-44)47-27-29-49(51(35-47)41-19-7-5-8-20-41)50-30-28-48(36-52(50)42-21-9-6-10-22-42)54(45-25-13-17-39(3)33-45)46-26-14-18-40(4)34-46/h5-36H,1-4H3. The molecule has 0 N–H and O–H groups in total. The van der Waals surface area contributed by atoms with Gasteiger partial charge in [-0.05, 0) is 156 Å². The molecule has 8 aromatic carbocycles. The van der Waals surface area contributed by atoms with Gasteiger partial charge in [0.1, 0.15) is 0 Å². The molecule has 0 aliphatic heterocycles. The average Bonchev–Trinajstić information content (AvgIpc) is 3.19. The van der Waals surface area contributed by atoms with E-state index < -0.39 is 0 Å². The normalized spacial score (nSPS) is 11.0. The quantitative estimate of drug-likeness (QED) is 0.148. The summed E-state index contributed by atoms with van der Waals surface area (Å²) in [5.41, 5.74) is 18.7. The fraction of sp³-hybridized carbons (Fsp3) is 0.0769. The van der Waals surface area contributed by atoms with Gasteiger partial charge >= 0.3 is 0 Å². The van der Waals surface area contributed by atoms with Crippen molar-refractivity contribution in [1.29, 1.82) is 0 Å². The van der Waals surface area contributed by atoms with Crippen molar-refractivity contribution in [2.24, 2.45) is 0 Å². The van der Waals surface area contributed by atoms with Gasteiger partial charge in [-0.3, -0.25) is 0 Å². The zero-order chi connectivity index (χ0) is 37.0. The molecule has 0 saturated carbocycles. The highest BCUT2D eigenvalue weighted by atomic mass is 15.1. The van der Waals surface area contributed by atoms with Gasteiger partial charge in [0, 0.05) is 34.1 Å². The van der Waals surface area contributed by atoms with Gasteiger partial charge in [0.05, 0.1) is 0 Å². The Morgan fingerprint density at radius 3 is 0.833 bits per heavy atom. The first-order valence-electron chi connectivity index (χ1n) is 18.7. The van der Waals surface area contributed by atoms with Crippen molar-refractivity contribution in [3.63, 3.8) is 0 Å². The molecule has 0 aliphatic rings. The zero-order valence-electron chi connectivity index (χ0n) is 31.4. The third-order valence-electron chi connectivity index (χ3n) is 10.0. The van der Waals surface area contributed by atoms with Crippen LogP contribution in [-0.2, 0) is 0 Å². The first-order chi connectivity index (χ1) is 26.4. The molecule has 0 bridgehead atoms. The van der Waals surface area contributed by atoms with E-state index in [4.69, 9.17) is 0 Å². The molecule has 262 valence electrons. The number of benzene rings is 8. The maximum atomic E-state index is 2.37. The van der Waals surface area contributed by atoms with Crippen molar-refractivity contribution < 1.29 is 0 Å². The van der Waals surface area contributed by atoms with Crippen LogP contribution in [0.25, 0.3) is 33.4 Å². The van der Waals surface area contributed by atoms with E-state index in [-0.39, 0.29) is 0 Å². The number of nitrogens with zero attached hydrogens (tertiary/aromatic N) is 2. The fourth-order valence-corrected chi connectivity index (χ4v) is 7.49. The highest BCUT2D eigenvalue weighted by Gasteiger charge is 2.21. The van der Waals surface area contributed by atoms with Crippen molar-refractivity contribution >= 4 is 34.1 Å². The number of aryl methyl sites for hydroxylation is 4. The third kappa shape index (κ3) is 7.20. The molecule has 0 radical (unpaired) electrons. The number of anilines is 6. The van der Waals surface area contributed by atoms with Gasteiger partial charge in [-0.2, -0.15) is 0 Å². The summed E-state index contributed by atoms with van der Waals surface area (Å²) in [6.07, 6.45) is 0. The smallest absolute Gasteiger partial charge is 0.0468 e. The molecule has 0 unspecified atom stereocenters. The van der Waals surface area contributed by atoms with Crippen LogP contribution in [0.4, 0.5) is 34.1 Å². The van der Waals surface area contributed by atoms with Gasteiger partial charge < -0.3 is 9.80 Å². The summed E-state index contributed by atoms with van der Waals surface area (Å²) >= 11 is 0. The van der Waals surface area contributed by atoms with Gasteiger partial charge in [0.15, 0.2) is 0 Å². The van der Waals surface area contributed by atoms with Gasteiger partial charge in [-0.15, -0.1) is 0 Å². The highest BCUT2D eigenvalue weighted by Crippen LogP contribution is 2.45. The molecular formula is C52H44N2. The Kier molecular flexibility index (Phi) is 9.66. The molecule has 2 nitrogen and oxygen atoms in total. The van der Waals surface area contributed by atoms with Gasteiger partial charge in [-0.1, -0.05) is 121 Å². The summed E-state index contributed by atoms with van der Waals surface area (Å²) in [5, 5.41) is 0. The second-order valence-corrected chi connectivity index (χ2v) is 14.2. The van der Waals surface area contributed by atoms with Crippen molar-refractivity contribution in [2.45, 2.75) is 27.7 Å². The second kappa shape index (κ2) is 15.1. The monoisotopic (exact) mass is 696 g/mol. The molecule has 0 atom stereocenters. The Morgan fingerprint density at radius 1 is 0.241 bits per heavy atom. The first kappa shape index (κ1) is 34.4. The van der Waals surface area contributed by atoms with Crippen molar-refractivity contribution in [3.05, 3.63) is 216 Å². The SMILES string of the molecule is Cc1cccc(N(c2cccc(C)c2)c2ccc(-c3ccc(N(c4cccc(C)c4)c4cccc(C)c4)cc3-c3ccccc3)c(-c3ccccc3)c2)c1. The summed E-state index contributed by atoms with van der Waals surface area (Å²) in [6, 6.07) is 70.6. The van der Waals surface area contributed by atoms with E-state index in [1.807, 2.05) is 0 Å². The maximum absolute atomic E-state index is 2.37. The summed E-state index contributed by atoms with van der Waals surface area (Å²) in [4.78, 5) is 4.75.